The number of rotatable bonds is 3. The summed E-state index contributed by atoms with van der Waals surface area (Å²) in [7, 11) is 0. The molecular weight excluding hydrogens is 395 g/mol. The highest BCUT2D eigenvalue weighted by Crippen LogP contribution is 2.27. The fourth-order valence-electron chi connectivity index (χ4n) is 3.06. The summed E-state index contributed by atoms with van der Waals surface area (Å²) in [6, 6.07) is 9.47. The second-order valence-electron chi connectivity index (χ2n) is 6.23. The minimum absolute atomic E-state index is 0.207. The van der Waals surface area contributed by atoms with Crippen molar-refractivity contribution in [2.75, 3.05) is 11.9 Å². The van der Waals surface area contributed by atoms with Crippen LogP contribution in [0.3, 0.4) is 0 Å². The maximum absolute atomic E-state index is 12.8. The molecule has 0 bridgehead atoms. The van der Waals surface area contributed by atoms with Gasteiger partial charge in [0.1, 0.15) is 6.04 Å². The Morgan fingerprint density at radius 2 is 1.85 bits per heavy atom. The normalized spacial score (nSPS) is 16.6. The van der Waals surface area contributed by atoms with Crippen LogP contribution in [-0.4, -0.2) is 29.3 Å². The minimum atomic E-state index is -0.521. The van der Waals surface area contributed by atoms with Gasteiger partial charge >= 0.3 is 0 Å². The molecule has 0 spiro atoms. The van der Waals surface area contributed by atoms with Crippen molar-refractivity contribution in [2.24, 2.45) is 0 Å². The van der Waals surface area contributed by atoms with Crippen LogP contribution < -0.4 is 5.32 Å². The SMILES string of the molecule is Cc1cc(Cl)ccc1NC(=O)C1CCCN1C(=O)c1ccc(Cl)c(Cl)c1. The molecule has 1 aliphatic heterocycles. The number of nitrogens with one attached hydrogen (secondary N) is 1. The van der Waals surface area contributed by atoms with Crippen molar-refractivity contribution in [1.82, 2.24) is 4.90 Å². The maximum Gasteiger partial charge on any atom is 0.254 e. The van der Waals surface area contributed by atoms with Crippen LogP contribution in [0, 0.1) is 6.92 Å². The number of benzene rings is 2. The van der Waals surface area contributed by atoms with E-state index >= 15 is 0 Å². The second kappa shape index (κ2) is 7.87. The monoisotopic (exact) mass is 410 g/mol. The maximum atomic E-state index is 12.8. The second-order valence-corrected chi connectivity index (χ2v) is 7.48. The molecule has 4 nitrogen and oxygen atoms in total. The molecule has 2 amide bonds. The predicted octanol–water partition coefficient (Wildman–Crippen LogP) is 5.20. The average Bonchev–Trinajstić information content (AvgIpc) is 3.09. The van der Waals surface area contributed by atoms with Gasteiger partial charge in [-0.25, -0.2) is 0 Å². The molecule has 26 heavy (non-hydrogen) atoms. The third-order valence-corrected chi connectivity index (χ3v) is 5.40. The fraction of sp³-hybridized carbons (Fsp3) is 0.263. The molecule has 1 heterocycles. The molecule has 1 aliphatic rings. The molecule has 0 saturated carbocycles. The van der Waals surface area contributed by atoms with Crippen LogP contribution >= 0.6 is 34.8 Å². The predicted molar refractivity (Wildman–Crippen MR) is 105 cm³/mol. The summed E-state index contributed by atoms with van der Waals surface area (Å²) in [6.45, 7) is 2.39. The number of amides is 2. The first-order chi connectivity index (χ1) is 12.4. The van der Waals surface area contributed by atoms with Crippen molar-refractivity contribution >= 4 is 52.3 Å². The van der Waals surface area contributed by atoms with Gasteiger partial charge in [-0.05, 0) is 61.7 Å². The summed E-state index contributed by atoms with van der Waals surface area (Å²) in [4.78, 5) is 27.1. The zero-order valence-corrected chi connectivity index (χ0v) is 16.3. The zero-order valence-electron chi connectivity index (χ0n) is 14.1. The van der Waals surface area contributed by atoms with E-state index in [-0.39, 0.29) is 11.8 Å². The van der Waals surface area contributed by atoms with Crippen molar-refractivity contribution in [3.8, 4) is 0 Å². The lowest BCUT2D eigenvalue weighted by Gasteiger charge is -2.24. The highest BCUT2D eigenvalue weighted by Gasteiger charge is 2.34. The number of hydrogen-bond acceptors (Lipinski definition) is 2. The quantitative estimate of drug-likeness (QED) is 0.755. The van der Waals surface area contributed by atoms with Gasteiger partial charge in [-0.2, -0.15) is 0 Å². The zero-order chi connectivity index (χ0) is 18.8. The van der Waals surface area contributed by atoms with Crippen LogP contribution in [0.15, 0.2) is 36.4 Å². The lowest BCUT2D eigenvalue weighted by Crippen LogP contribution is -2.43. The van der Waals surface area contributed by atoms with Crippen LogP contribution in [-0.2, 0) is 4.79 Å². The first-order valence-electron chi connectivity index (χ1n) is 8.20. The van der Waals surface area contributed by atoms with E-state index in [0.29, 0.717) is 39.3 Å². The van der Waals surface area contributed by atoms with Gasteiger partial charge in [0, 0.05) is 22.8 Å². The molecule has 0 radical (unpaired) electrons. The standard InChI is InChI=1S/C19H17Cl3N2O2/c1-11-9-13(20)5-7-16(11)23-18(25)17-3-2-8-24(17)19(26)12-4-6-14(21)15(22)10-12/h4-7,9-10,17H,2-3,8H2,1H3,(H,23,25). The van der Waals surface area contributed by atoms with Crippen molar-refractivity contribution < 1.29 is 9.59 Å². The molecule has 0 aliphatic carbocycles. The van der Waals surface area contributed by atoms with E-state index in [9.17, 15) is 9.59 Å². The largest absolute Gasteiger partial charge is 0.327 e. The molecule has 7 heteroatoms. The molecule has 1 unspecified atom stereocenters. The Bertz CT molecular complexity index is 870. The van der Waals surface area contributed by atoms with Gasteiger partial charge in [0.25, 0.3) is 5.91 Å². The number of carbonyl (C=O) groups is 2. The first kappa shape index (κ1) is 19.0. The summed E-state index contributed by atoms with van der Waals surface area (Å²) < 4.78 is 0. The molecule has 1 N–H and O–H groups in total. The lowest BCUT2D eigenvalue weighted by molar-refractivity contribution is -0.119. The van der Waals surface area contributed by atoms with E-state index in [2.05, 4.69) is 5.32 Å². The summed E-state index contributed by atoms with van der Waals surface area (Å²) in [6.07, 6.45) is 1.39. The van der Waals surface area contributed by atoms with Crippen molar-refractivity contribution in [3.63, 3.8) is 0 Å². The summed E-state index contributed by atoms with van der Waals surface area (Å²) in [5.41, 5.74) is 1.97. The number of halogens is 3. The smallest absolute Gasteiger partial charge is 0.254 e. The lowest BCUT2D eigenvalue weighted by atomic mass is 10.1. The Kier molecular flexibility index (Phi) is 5.76. The molecule has 1 atom stereocenters. The van der Waals surface area contributed by atoms with Crippen LogP contribution in [0.4, 0.5) is 5.69 Å². The third-order valence-electron chi connectivity index (χ3n) is 4.43. The summed E-state index contributed by atoms with van der Waals surface area (Å²) >= 11 is 17.9. The van der Waals surface area contributed by atoms with Crippen molar-refractivity contribution in [3.05, 3.63) is 62.6 Å². The van der Waals surface area contributed by atoms with Gasteiger partial charge in [-0.3, -0.25) is 9.59 Å². The Morgan fingerprint density at radius 1 is 1.08 bits per heavy atom. The summed E-state index contributed by atoms with van der Waals surface area (Å²) in [5.74, 6) is -0.435. The van der Waals surface area contributed by atoms with Crippen molar-refractivity contribution in [2.45, 2.75) is 25.8 Å². The van der Waals surface area contributed by atoms with E-state index < -0.39 is 6.04 Å². The third kappa shape index (κ3) is 3.98. The summed E-state index contributed by atoms with van der Waals surface area (Å²) in [5, 5.41) is 4.21. The van der Waals surface area contributed by atoms with E-state index in [1.54, 1.807) is 35.2 Å². The number of nitrogens with zero attached hydrogens (tertiary/aromatic N) is 1. The first-order valence-corrected chi connectivity index (χ1v) is 9.33. The van der Waals surface area contributed by atoms with Crippen LogP contribution in [0.5, 0.6) is 0 Å². The molecular formula is C19H17Cl3N2O2. The van der Waals surface area contributed by atoms with Crippen LogP contribution in [0.1, 0.15) is 28.8 Å². The van der Waals surface area contributed by atoms with E-state index in [4.69, 9.17) is 34.8 Å². The van der Waals surface area contributed by atoms with Crippen LogP contribution in [0.2, 0.25) is 15.1 Å². The number of aryl methyl sites for hydroxylation is 1. The molecule has 3 rings (SSSR count). The number of carbonyl (C=O) groups excluding carboxylic acids is 2. The topological polar surface area (TPSA) is 49.4 Å². The highest BCUT2D eigenvalue weighted by atomic mass is 35.5. The molecule has 2 aromatic carbocycles. The molecule has 0 aromatic heterocycles. The van der Waals surface area contributed by atoms with Gasteiger partial charge in [0.2, 0.25) is 5.91 Å². The van der Waals surface area contributed by atoms with Gasteiger partial charge < -0.3 is 10.2 Å². The molecule has 1 saturated heterocycles. The Labute approximate surface area is 167 Å². The minimum Gasteiger partial charge on any atom is -0.327 e. The number of hydrogen-bond donors (Lipinski definition) is 1. The molecule has 136 valence electrons. The average molecular weight is 412 g/mol. The van der Waals surface area contributed by atoms with Gasteiger partial charge in [-0.15, -0.1) is 0 Å². The Hall–Kier alpha value is -1.75. The fourth-order valence-corrected chi connectivity index (χ4v) is 3.59. The van der Waals surface area contributed by atoms with Crippen molar-refractivity contribution in [1.29, 1.82) is 0 Å². The molecule has 1 fully saturated rings. The highest BCUT2D eigenvalue weighted by molar-refractivity contribution is 6.42. The Morgan fingerprint density at radius 3 is 2.54 bits per heavy atom. The number of anilines is 1. The van der Waals surface area contributed by atoms with E-state index in [1.807, 2.05) is 6.92 Å². The Balaban J connectivity index is 1.77. The van der Waals surface area contributed by atoms with Gasteiger partial charge in [0.15, 0.2) is 0 Å². The number of likely N-dealkylation sites (tertiary alicyclic amines) is 1. The van der Waals surface area contributed by atoms with E-state index in [1.165, 1.54) is 6.07 Å². The van der Waals surface area contributed by atoms with E-state index in [0.717, 1.165) is 12.0 Å². The molecule has 2 aromatic rings. The van der Waals surface area contributed by atoms with Gasteiger partial charge in [-0.1, -0.05) is 34.8 Å². The van der Waals surface area contributed by atoms with Crippen LogP contribution in [0.25, 0.3) is 0 Å². The van der Waals surface area contributed by atoms with Gasteiger partial charge in [0.05, 0.1) is 10.0 Å².